The third-order valence-corrected chi connectivity index (χ3v) is 6.50. The molecule has 0 heterocycles. The number of nitrogens with zero attached hydrogens (tertiary/aromatic N) is 1. The fraction of sp³-hybridized carbons (Fsp3) is 0.433. The molecule has 0 aliphatic carbocycles. The summed E-state index contributed by atoms with van der Waals surface area (Å²) in [5.41, 5.74) is 3.48. The topological polar surface area (TPSA) is 87.7 Å². The van der Waals surface area contributed by atoms with Crippen LogP contribution in [0.25, 0.3) is 0 Å². The summed E-state index contributed by atoms with van der Waals surface area (Å²) in [4.78, 5) is 42.1. The summed E-state index contributed by atoms with van der Waals surface area (Å²) < 4.78 is 5.42. The maximum absolute atomic E-state index is 14.0. The summed E-state index contributed by atoms with van der Waals surface area (Å²) in [6.07, 6.45) is 3.23. The summed E-state index contributed by atoms with van der Waals surface area (Å²) in [7, 11) is 0. The lowest BCUT2D eigenvalue weighted by Gasteiger charge is -2.34. The normalized spacial score (nSPS) is 12.7. The Morgan fingerprint density at radius 2 is 1.71 bits per heavy atom. The minimum atomic E-state index is -0.948. The second-order valence-electron chi connectivity index (χ2n) is 10.3. The maximum Gasteiger partial charge on any atom is 0.408 e. The molecule has 8 heteroatoms. The van der Waals surface area contributed by atoms with E-state index in [1.807, 2.05) is 69.5 Å². The van der Waals surface area contributed by atoms with Crippen molar-refractivity contribution in [2.75, 3.05) is 23.9 Å². The molecule has 0 aliphatic rings. The van der Waals surface area contributed by atoms with Gasteiger partial charge in [-0.15, -0.1) is 6.58 Å². The highest BCUT2D eigenvalue weighted by Crippen LogP contribution is 2.28. The van der Waals surface area contributed by atoms with Gasteiger partial charge in [-0.3, -0.25) is 9.59 Å². The zero-order valence-electron chi connectivity index (χ0n) is 23.6. The molecule has 2 aromatic carbocycles. The fourth-order valence-electron chi connectivity index (χ4n) is 4.12. The van der Waals surface area contributed by atoms with Gasteiger partial charge in [0.05, 0.1) is 0 Å². The van der Waals surface area contributed by atoms with Gasteiger partial charge in [-0.25, -0.2) is 4.79 Å². The second kappa shape index (κ2) is 14.0. The van der Waals surface area contributed by atoms with Crippen LogP contribution in [0.3, 0.4) is 0 Å². The average Bonchev–Trinajstić information content (AvgIpc) is 2.82. The van der Waals surface area contributed by atoms with E-state index in [0.717, 1.165) is 16.7 Å². The Labute approximate surface area is 231 Å². The largest absolute Gasteiger partial charge is 0.444 e. The first-order chi connectivity index (χ1) is 17.9. The van der Waals surface area contributed by atoms with Crippen LogP contribution in [0.1, 0.15) is 55.5 Å². The molecule has 0 saturated heterocycles. The molecule has 0 fully saturated rings. The van der Waals surface area contributed by atoms with Crippen molar-refractivity contribution in [2.24, 2.45) is 0 Å². The summed E-state index contributed by atoms with van der Waals surface area (Å²) in [5.74, 6) is -0.0882. The van der Waals surface area contributed by atoms with Gasteiger partial charge in [0, 0.05) is 12.2 Å². The number of thioether (sulfide) groups is 1. The third-order valence-electron chi connectivity index (χ3n) is 5.86. The van der Waals surface area contributed by atoms with Crippen molar-refractivity contribution < 1.29 is 19.1 Å². The molecular weight excluding hydrogens is 498 g/mol. The van der Waals surface area contributed by atoms with Crippen molar-refractivity contribution in [3.05, 3.63) is 77.4 Å². The average molecular weight is 540 g/mol. The smallest absolute Gasteiger partial charge is 0.408 e. The summed E-state index contributed by atoms with van der Waals surface area (Å²) >= 11 is 1.57. The Bertz CT molecular complexity index is 1120. The fourth-order valence-corrected chi connectivity index (χ4v) is 4.59. The number of aryl methyl sites for hydroxylation is 3. The number of ether oxygens (including phenoxy) is 1. The highest BCUT2D eigenvalue weighted by Gasteiger charge is 2.36. The Morgan fingerprint density at radius 1 is 1.08 bits per heavy atom. The molecule has 2 unspecified atom stereocenters. The lowest BCUT2D eigenvalue weighted by Crippen LogP contribution is -2.52. The molecule has 2 aromatic rings. The minimum absolute atomic E-state index is 0.114. The van der Waals surface area contributed by atoms with E-state index in [9.17, 15) is 14.4 Å². The van der Waals surface area contributed by atoms with Crippen LogP contribution < -0.4 is 10.6 Å². The first kappa shape index (κ1) is 31.0. The van der Waals surface area contributed by atoms with E-state index in [1.165, 1.54) is 4.90 Å². The number of hydrogen-bond acceptors (Lipinski definition) is 5. The maximum atomic E-state index is 14.0. The van der Waals surface area contributed by atoms with Crippen LogP contribution >= 0.6 is 11.8 Å². The lowest BCUT2D eigenvalue weighted by atomic mass is 9.99. The van der Waals surface area contributed by atoms with Crippen LogP contribution in [-0.4, -0.2) is 53.0 Å². The zero-order chi connectivity index (χ0) is 28.5. The number of rotatable bonds is 11. The first-order valence-corrected chi connectivity index (χ1v) is 14.1. The number of para-hydroxylation sites is 1. The number of benzene rings is 2. The first-order valence-electron chi connectivity index (χ1n) is 12.7. The monoisotopic (exact) mass is 539 g/mol. The highest BCUT2D eigenvalue weighted by atomic mass is 32.2. The number of amides is 3. The van der Waals surface area contributed by atoms with Crippen molar-refractivity contribution >= 4 is 35.4 Å². The van der Waals surface area contributed by atoms with Crippen molar-refractivity contribution in [1.82, 2.24) is 10.2 Å². The summed E-state index contributed by atoms with van der Waals surface area (Å²) in [6.45, 7) is 15.0. The zero-order valence-corrected chi connectivity index (χ0v) is 24.4. The Kier molecular flexibility index (Phi) is 11.4. The molecule has 38 heavy (non-hydrogen) atoms. The Balaban J connectivity index is 2.53. The standard InChI is InChI=1S/C30H41N3O4S/c1-9-17-33(28(35)24(16-18-38-8)31-29(36)37-30(5,6)7)26(23-15-10-12-20(2)19-23)27(34)32-25-21(3)13-11-14-22(25)4/h9-15,19,24,26H,1,16-18H2,2-8H3,(H,31,36)(H,32,34). The van der Waals surface area contributed by atoms with E-state index in [0.29, 0.717) is 23.4 Å². The van der Waals surface area contributed by atoms with Gasteiger partial charge in [0.15, 0.2) is 0 Å². The van der Waals surface area contributed by atoms with E-state index < -0.39 is 23.8 Å². The minimum Gasteiger partial charge on any atom is -0.444 e. The lowest BCUT2D eigenvalue weighted by molar-refractivity contribution is -0.140. The molecule has 7 nitrogen and oxygen atoms in total. The summed E-state index contributed by atoms with van der Waals surface area (Å²) in [6, 6.07) is 11.5. The van der Waals surface area contributed by atoms with Gasteiger partial charge in [-0.2, -0.15) is 11.8 Å². The van der Waals surface area contributed by atoms with Crippen LogP contribution in [0, 0.1) is 20.8 Å². The van der Waals surface area contributed by atoms with Crippen LogP contribution in [-0.2, 0) is 14.3 Å². The van der Waals surface area contributed by atoms with Crippen molar-refractivity contribution in [2.45, 2.75) is 65.6 Å². The van der Waals surface area contributed by atoms with Crippen LogP contribution in [0.5, 0.6) is 0 Å². The number of carbonyl (C=O) groups excluding carboxylic acids is 3. The number of hydrogen-bond donors (Lipinski definition) is 2. The Hall–Kier alpha value is -3.26. The molecule has 0 bridgehead atoms. The molecule has 0 saturated carbocycles. The molecule has 2 N–H and O–H groups in total. The van der Waals surface area contributed by atoms with Gasteiger partial charge < -0.3 is 20.3 Å². The van der Waals surface area contributed by atoms with E-state index >= 15 is 0 Å². The number of carbonyl (C=O) groups is 3. The van der Waals surface area contributed by atoms with E-state index in [2.05, 4.69) is 17.2 Å². The quantitative estimate of drug-likeness (QED) is 0.345. The van der Waals surface area contributed by atoms with Crippen LogP contribution in [0.2, 0.25) is 0 Å². The third kappa shape index (κ3) is 8.94. The molecule has 0 spiro atoms. The Morgan fingerprint density at radius 3 is 2.26 bits per heavy atom. The second-order valence-corrected chi connectivity index (χ2v) is 11.3. The van der Waals surface area contributed by atoms with Gasteiger partial charge in [-0.05, 0) is 76.7 Å². The number of alkyl carbamates (subject to hydrolysis) is 1. The number of nitrogens with one attached hydrogen (secondary N) is 2. The molecule has 2 rings (SSSR count). The van der Waals surface area contributed by atoms with Gasteiger partial charge in [0.2, 0.25) is 5.91 Å². The van der Waals surface area contributed by atoms with E-state index in [1.54, 1.807) is 38.6 Å². The van der Waals surface area contributed by atoms with Gasteiger partial charge in [0.1, 0.15) is 17.7 Å². The molecule has 0 radical (unpaired) electrons. The van der Waals surface area contributed by atoms with Crippen molar-refractivity contribution in [1.29, 1.82) is 0 Å². The van der Waals surface area contributed by atoms with Crippen LogP contribution in [0.15, 0.2) is 55.1 Å². The van der Waals surface area contributed by atoms with Gasteiger partial charge in [-0.1, -0.05) is 54.1 Å². The van der Waals surface area contributed by atoms with Crippen molar-refractivity contribution in [3.8, 4) is 0 Å². The molecular formula is C30H41N3O4S. The predicted molar refractivity (Wildman–Crippen MR) is 157 cm³/mol. The van der Waals surface area contributed by atoms with Crippen molar-refractivity contribution in [3.63, 3.8) is 0 Å². The molecule has 2 atom stereocenters. The highest BCUT2D eigenvalue weighted by molar-refractivity contribution is 7.98. The van der Waals surface area contributed by atoms with Gasteiger partial charge in [0.25, 0.3) is 5.91 Å². The molecule has 3 amide bonds. The molecule has 0 aliphatic heterocycles. The van der Waals surface area contributed by atoms with E-state index in [4.69, 9.17) is 4.74 Å². The van der Waals surface area contributed by atoms with Crippen LogP contribution in [0.4, 0.5) is 10.5 Å². The SMILES string of the molecule is C=CCN(C(=O)C(CCSC)NC(=O)OC(C)(C)C)C(C(=O)Nc1c(C)cccc1C)c1cccc(C)c1. The predicted octanol–water partition coefficient (Wildman–Crippen LogP) is 5.95. The number of anilines is 1. The van der Waals surface area contributed by atoms with Gasteiger partial charge >= 0.3 is 6.09 Å². The molecule has 206 valence electrons. The van der Waals surface area contributed by atoms with E-state index in [-0.39, 0.29) is 18.4 Å². The summed E-state index contributed by atoms with van der Waals surface area (Å²) in [5, 5.41) is 5.80. The molecule has 0 aromatic heterocycles.